The van der Waals surface area contributed by atoms with Gasteiger partial charge in [0.05, 0.1) is 12.3 Å². The number of likely N-dealkylation sites (N-methyl/N-ethyl adjacent to an activating group) is 1. The van der Waals surface area contributed by atoms with E-state index >= 15 is 0 Å². The molecule has 0 heterocycles. The van der Waals surface area contributed by atoms with Gasteiger partial charge in [0, 0.05) is 6.54 Å². The number of benzene rings is 1. The molecule has 2 N–H and O–H groups in total. The standard InChI is InChI=1S/C14H22N2O4S/c1-5-16(9-14(17)20-6-2)21(18,19)13-8-11(4)10(3)7-12(13)15/h7-8H,5-6,9,15H2,1-4H3. The summed E-state index contributed by atoms with van der Waals surface area (Å²) < 4.78 is 31.1. The highest BCUT2D eigenvalue weighted by Crippen LogP contribution is 2.25. The molecule has 0 saturated carbocycles. The van der Waals surface area contributed by atoms with Crippen LogP contribution in [0, 0.1) is 13.8 Å². The predicted molar refractivity (Wildman–Crippen MR) is 81.4 cm³/mol. The number of esters is 1. The fourth-order valence-electron chi connectivity index (χ4n) is 1.89. The first-order valence-corrected chi connectivity index (χ1v) is 8.20. The van der Waals surface area contributed by atoms with E-state index in [-0.39, 0.29) is 30.3 Å². The third-order valence-corrected chi connectivity index (χ3v) is 5.18. The van der Waals surface area contributed by atoms with Gasteiger partial charge in [0.2, 0.25) is 10.0 Å². The minimum atomic E-state index is -3.83. The minimum Gasteiger partial charge on any atom is -0.465 e. The van der Waals surface area contributed by atoms with E-state index < -0.39 is 16.0 Å². The van der Waals surface area contributed by atoms with Crippen LogP contribution < -0.4 is 5.73 Å². The van der Waals surface area contributed by atoms with Crippen molar-refractivity contribution in [2.45, 2.75) is 32.6 Å². The summed E-state index contributed by atoms with van der Waals surface area (Å²) in [4.78, 5) is 11.6. The molecule has 0 atom stereocenters. The summed E-state index contributed by atoms with van der Waals surface area (Å²) in [6.07, 6.45) is 0. The second kappa shape index (κ2) is 6.91. The van der Waals surface area contributed by atoms with E-state index in [0.29, 0.717) is 0 Å². The molecule has 0 aliphatic carbocycles. The van der Waals surface area contributed by atoms with Gasteiger partial charge in [-0.2, -0.15) is 4.31 Å². The van der Waals surface area contributed by atoms with Gasteiger partial charge in [-0.3, -0.25) is 4.79 Å². The van der Waals surface area contributed by atoms with Crippen molar-refractivity contribution in [1.82, 2.24) is 4.31 Å². The van der Waals surface area contributed by atoms with Crippen molar-refractivity contribution in [3.8, 4) is 0 Å². The maximum absolute atomic E-state index is 12.6. The summed E-state index contributed by atoms with van der Waals surface area (Å²) in [6, 6.07) is 3.16. The fourth-order valence-corrected chi connectivity index (χ4v) is 3.47. The molecule has 7 heteroatoms. The Bertz CT molecular complexity index is 626. The first-order valence-electron chi connectivity index (χ1n) is 6.76. The number of anilines is 1. The molecule has 21 heavy (non-hydrogen) atoms. The number of hydrogen-bond acceptors (Lipinski definition) is 5. The monoisotopic (exact) mass is 314 g/mol. The molecule has 118 valence electrons. The van der Waals surface area contributed by atoms with E-state index in [0.717, 1.165) is 15.4 Å². The van der Waals surface area contributed by atoms with Crippen LogP contribution in [-0.4, -0.2) is 38.4 Å². The number of carbonyl (C=O) groups is 1. The van der Waals surface area contributed by atoms with Crippen molar-refractivity contribution >= 4 is 21.7 Å². The summed E-state index contributed by atoms with van der Waals surface area (Å²) >= 11 is 0. The van der Waals surface area contributed by atoms with Crippen LogP contribution >= 0.6 is 0 Å². The highest BCUT2D eigenvalue weighted by molar-refractivity contribution is 7.89. The van der Waals surface area contributed by atoms with E-state index in [4.69, 9.17) is 10.5 Å². The van der Waals surface area contributed by atoms with Crippen molar-refractivity contribution in [2.24, 2.45) is 0 Å². The summed E-state index contributed by atoms with van der Waals surface area (Å²) in [5.41, 5.74) is 7.76. The van der Waals surface area contributed by atoms with Crippen LogP contribution in [0.2, 0.25) is 0 Å². The second-order valence-corrected chi connectivity index (χ2v) is 6.62. The van der Waals surface area contributed by atoms with Gasteiger partial charge >= 0.3 is 5.97 Å². The molecular formula is C14H22N2O4S. The Kier molecular flexibility index (Phi) is 5.74. The molecule has 0 aliphatic rings. The van der Waals surface area contributed by atoms with E-state index in [9.17, 15) is 13.2 Å². The van der Waals surface area contributed by atoms with E-state index in [1.54, 1.807) is 19.9 Å². The molecule has 0 saturated heterocycles. The number of nitrogens with two attached hydrogens (primary N) is 1. The average Bonchev–Trinajstić information content (AvgIpc) is 2.40. The van der Waals surface area contributed by atoms with Gasteiger partial charge in [-0.15, -0.1) is 0 Å². The molecular weight excluding hydrogens is 292 g/mol. The number of sulfonamides is 1. The van der Waals surface area contributed by atoms with Gasteiger partial charge in [-0.1, -0.05) is 6.92 Å². The zero-order valence-corrected chi connectivity index (χ0v) is 13.7. The number of carbonyl (C=O) groups excluding carboxylic acids is 1. The van der Waals surface area contributed by atoms with E-state index in [1.165, 1.54) is 6.07 Å². The number of nitrogens with zero attached hydrogens (tertiary/aromatic N) is 1. The lowest BCUT2D eigenvalue weighted by molar-refractivity contribution is -0.143. The summed E-state index contributed by atoms with van der Waals surface area (Å²) in [5.74, 6) is -0.578. The zero-order chi connectivity index (χ0) is 16.2. The number of nitrogen functional groups attached to an aromatic ring is 1. The lowest BCUT2D eigenvalue weighted by Crippen LogP contribution is -2.36. The topological polar surface area (TPSA) is 89.7 Å². The van der Waals surface area contributed by atoms with Crippen LogP contribution in [0.3, 0.4) is 0 Å². The summed E-state index contributed by atoms with van der Waals surface area (Å²) in [5, 5.41) is 0. The number of rotatable bonds is 6. The van der Waals surface area contributed by atoms with Crippen molar-refractivity contribution in [2.75, 3.05) is 25.4 Å². The Labute approximate surface area is 125 Å². The minimum absolute atomic E-state index is 0.0248. The molecule has 1 aromatic carbocycles. The Hall–Kier alpha value is -1.60. The molecule has 0 bridgehead atoms. The molecule has 0 fully saturated rings. The fraction of sp³-hybridized carbons (Fsp3) is 0.500. The molecule has 1 aromatic rings. The van der Waals surface area contributed by atoms with Crippen LogP contribution in [0.4, 0.5) is 5.69 Å². The number of ether oxygens (including phenoxy) is 1. The first kappa shape index (κ1) is 17.5. The quantitative estimate of drug-likeness (QED) is 0.634. The molecule has 0 spiro atoms. The van der Waals surface area contributed by atoms with Crippen LogP contribution in [0.5, 0.6) is 0 Å². The van der Waals surface area contributed by atoms with Crippen molar-refractivity contribution in [3.05, 3.63) is 23.3 Å². The Morgan fingerprint density at radius 1 is 1.24 bits per heavy atom. The molecule has 6 nitrogen and oxygen atoms in total. The predicted octanol–water partition coefficient (Wildman–Crippen LogP) is 1.46. The maximum Gasteiger partial charge on any atom is 0.321 e. The lowest BCUT2D eigenvalue weighted by Gasteiger charge is -2.21. The van der Waals surface area contributed by atoms with Crippen LogP contribution in [-0.2, 0) is 19.6 Å². The van der Waals surface area contributed by atoms with Gasteiger partial charge in [0.1, 0.15) is 11.4 Å². The Balaban J connectivity index is 3.19. The molecule has 0 unspecified atom stereocenters. The molecule has 1 rings (SSSR count). The van der Waals surface area contributed by atoms with E-state index in [1.807, 2.05) is 13.8 Å². The van der Waals surface area contributed by atoms with Crippen LogP contribution in [0.15, 0.2) is 17.0 Å². The first-order chi connectivity index (χ1) is 9.73. The zero-order valence-electron chi connectivity index (χ0n) is 12.8. The molecule has 0 aromatic heterocycles. The largest absolute Gasteiger partial charge is 0.465 e. The highest BCUT2D eigenvalue weighted by Gasteiger charge is 2.28. The van der Waals surface area contributed by atoms with Gasteiger partial charge in [0.25, 0.3) is 0 Å². The van der Waals surface area contributed by atoms with Gasteiger partial charge in [-0.25, -0.2) is 8.42 Å². The highest BCUT2D eigenvalue weighted by atomic mass is 32.2. The molecule has 0 amide bonds. The second-order valence-electron chi connectivity index (χ2n) is 4.71. The van der Waals surface area contributed by atoms with E-state index in [2.05, 4.69) is 0 Å². The van der Waals surface area contributed by atoms with Gasteiger partial charge in [-0.05, 0) is 44.0 Å². The Morgan fingerprint density at radius 3 is 2.33 bits per heavy atom. The van der Waals surface area contributed by atoms with Crippen molar-refractivity contribution in [1.29, 1.82) is 0 Å². The lowest BCUT2D eigenvalue weighted by atomic mass is 10.1. The summed E-state index contributed by atoms with van der Waals surface area (Å²) in [7, 11) is -3.83. The van der Waals surface area contributed by atoms with Crippen molar-refractivity contribution in [3.63, 3.8) is 0 Å². The number of hydrogen-bond donors (Lipinski definition) is 1. The van der Waals surface area contributed by atoms with Crippen molar-refractivity contribution < 1.29 is 17.9 Å². The van der Waals surface area contributed by atoms with Gasteiger partial charge < -0.3 is 10.5 Å². The van der Waals surface area contributed by atoms with Crippen LogP contribution in [0.25, 0.3) is 0 Å². The summed E-state index contributed by atoms with van der Waals surface area (Å²) in [6.45, 7) is 7.06. The third-order valence-electron chi connectivity index (χ3n) is 3.21. The smallest absolute Gasteiger partial charge is 0.321 e. The average molecular weight is 314 g/mol. The number of aryl methyl sites for hydroxylation is 2. The Morgan fingerprint density at radius 2 is 1.81 bits per heavy atom. The molecule has 0 aliphatic heterocycles. The maximum atomic E-state index is 12.6. The van der Waals surface area contributed by atoms with Crippen LogP contribution in [0.1, 0.15) is 25.0 Å². The molecule has 0 radical (unpaired) electrons. The van der Waals surface area contributed by atoms with Gasteiger partial charge in [0.15, 0.2) is 0 Å². The SMILES string of the molecule is CCOC(=O)CN(CC)S(=O)(=O)c1cc(C)c(C)cc1N. The normalized spacial score (nSPS) is 11.7. The third kappa shape index (κ3) is 3.95.